The number of ether oxygens (including phenoxy) is 4. The smallest absolute Gasteiger partial charge is 0.203 e. The van der Waals surface area contributed by atoms with E-state index in [1.165, 1.54) is 0 Å². The van der Waals surface area contributed by atoms with Crippen molar-refractivity contribution < 1.29 is 24.1 Å². The lowest BCUT2D eigenvalue weighted by atomic mass is 10.1. The summed E-state index contributed by atoms with van der Waals surface area (Å²) in [7, 11) is 6.29. The maximum atomic E-state index is 9.02. The number of aliphatic hydroxyl groups is 1. The minimum absolute atomic E-state index is 0.0508. The van der Waals surface area contributed by atoms with Crippen LogP contribution in [0.3, 0.4) is 0 Å². The van der Waals surface area contributed by atoms with Crippen LogP contribution in [0.25, 0.3) is 0 Å². The van der Waals surface area contributed by atoms with Gasteiger partial charge in [0.1, 0.15) is 0 Å². The molecule has 5 heteroatoms. The van der Waals surface area contributed by atoms with Gasteiger partial charge < -0.3 is 24.1 Å². The first-order valence-electron chi connectivity index (χ1n) is 5.65. The van der Waals surface area contributed by atoms with Gasteiger partial charge >= 0.3 is 0 Å². The summed E-state index contributed by atoms with van der Waals surface area (Å²) in [6.45, 7) is 0.0508. The first-order valence-corrected chi connectivity index (χ1v) is 5.65. The SMILES string of the molecule is COc1cc(C(CCO)OC)cc(OC)c1OC. The molecule has 0 bridgehead atoms. The molecule has 0 heterocycles. The molecule has 18 heavy (non-hydrogen) atoms. The average molecular weight is 256 g/mol. The third kappa shape index (κ3) is 3.05. The Morgan fingerprint density at radius 2 is 1.56 bits per heavy atom. The van der Waals surface area contributed by atoms with Crippen LogP contribution < -0.4 is 14.2 Å². The molecule has 0 saturated carbocycles. The zero-order valence-electron chi connectivity index (χ0n) is 11.2. The van der Waals surface area contributed by atoms with Crippen molar-refractivity contribution in [2.45, 2.75) is 12.5 Å². The summed E-state index contributed by atoms with van der Waals surface area (Å²) < 4.78 is 21.1. The average Bonchev–Trinajstić information content (AvgIpc) is 2.42. The highest BCUT2D eigenvalue weighted by molar-refractivity contribution is 5.54. The molecule has 0 aliphatic carbocycles. The van der Waals surface area contributed by atoms with Crippen molar-refractivity contribution in [3.05, 3.63) is 17.7 Å². The molecule has 0 amide bonds. The molecule has 1 unspecified atom stereocenters. The summed E-state index contributed by atoms with van der Waals surface area (Å²) >= 11 is 0. The highest BCUT2D eigenvalue weighted by atomic mass is 16.5. The largest absolute Gasteiger partial charge is 0.493 e. The van der Waals surface area contributed by atoms with Crippen molar-refractivity contribution in [1.29, 1.82) is 0 Å². The summed E-state index contributed by atoms with van der Waals surface area (Å²) in [4.78, 5) is 0. The van der Waals surface area contributed by atoms with E-state index in [-0.39, 0.29) is 12.7 Å². The van der Waals surface area contributed by atoms with Gasteiger partial charge in [-0.3, -0.25) is 0 Å². The quantitative estimate of drug-likeness (QED) is 0.806. The molecule has 102 valence electrons. The lowest BCUT2D eigenvalue weighted by molar-refractivity contribution is 0.0771. The Bertz CT molecular complexity index is 353. The molecule has 0 aliphatic heterocycles. The second-order valence-corrected chi connectivity index (χ2v) is 3.70. The van der Waals surface area contributed by atoms with Crippen LogP contribution in [0.15, 0.2) is 12.1 Å². The van der Waals surface area contributed by atoms with Gasteiger partial charge in [-0.15, -0.1) is 0 Å². The maximum absolute atomic E-state index is 9.02. The van der Waals surface area contributed by atoms with E-state index in [1.807, 2.05) is 12.1 Å². The molecule has 0 fully saturated rings. The van der Waals surface area contributed by atoms with Crippen molar-refractivity contribution in [2.24, 2.45) is 0 Å². The molecule has 0 saturated heterocycles. The molecule has 0 aromatic heterocycles. The van der Waals surface area contributed by atoms with Crippen LogP contribution in [0.1, 0.15) is 18.1 Å². The van der Waals surface area contributed by atoms with Gasteiger partial charge in [-0.05, 0) is 17.7 Å². The van der Waals surface area contributed by atoms with E-state index in [4.69, 9.17) is 24.1 Å². The van der Waals surface area contributed by atoms with Gasteiger partial charge in [-0.1, -0.05) is 0 Å². The fourth-order valence-electron chi connectivity index (χ4n) is 1.83. The summed E-state index contributed by atoms with van der Waals surface area (Å²) in [6, 6.07) is 3.65. The molecule has 0 spiro atoms. The van der Waals surface area contributed by atoms with E-state index in [9.17, 15) is 0 Å². The maximum Gasteiger partial charge on any atom is 0.203 e. The predicted octanol–water partition coefficient (Wildman–Crippen LogP) is 1.78. The Kier molecular flexibility index (Phi) is 5.74. The first kappa shape index (κ1) is 14.6. The Morgan fingerprint density at radius 3 is 1.89 bits per heavy atom. The van der Waals surface area contributed by atoms with Gasteiger partial charge in [-0.2, -0.15) is 0 Å². The standard InChI is InChI=1S/C13H20O5/c1-15-10(5-6-14)9-7-11(16-2)13(18-4)12(8-9)17-3/h7-8,10,14H,5-6H2,1-4H3. The van der Waals surface area contributed by atoms with E-state index < -0.39 is 0 Å². The van der Waals surface area contributed by atoms with Crippen LogP contribution in [0, 0.1) is 0 Å². The summed E-state index contributed by atoms with van der Waals surface area (Å²) in [6.07, 6.45) is 0.304. The number of hydrogen-bond acceptors (Lipinski definition) is 5. The van der Waals surface area contributed by atoms with Gasteiger partial charge in [0.05, 0.1) is 27.4 Å². The van der Waals surface area contributed by atoms with Crippen LogP contribution in [-0.4, -0.2) is 40.2 Å². The number of methoxy groups -OCH3 is 4. The molecule has 1 rings (SSSR count). The van der Waals surface area contributed by atoms with Gasteiger partial charge in [-0.25, -0.2) is 0 Å². The van der Waals surface area contributed by atoms with Crippen molar-refractivity contribution in [3.8, 4) is 17.2 Å². The zero-order valence-corrected chi connectivity index (χ0v) is 11.2. The number of rotatable bonds is 7. The Balaban J connectivity index is 3.21. The second-order valence-electron chi connectivity index (χ2n) is 3.70. The van der Waals surface area contributed by atoms with Gasteiger partial charge in [0.15, 0.2) is 11.5 Å². The van der Waals surface area contributed by atoms with E-state index >= 15 is 0 Å². The molecular weight excluding hydrogens is 236 g/mol. The summed E-state index contributed by atoms with van der Waals surface area (Å²) in [5, 5.41) is 9.02. The minimum atomic E-state index is -0.205. The van der Waals surface area contributed by atoms with Crippen LogP contribution >= 0.6 is 0 Å². The lowest BCUT2D eigenvalue weighted by Gasteiger charge is -2.19. The summed E-state index contributed by atoms with van der Waals surface area (Å²) in [5.41, 5.74) is 0.876. The predicted molar refractivity (Wildman–Crippen MR) is 67.6 cm³/mol. The second kappa shape index (κ2) is 7.08. The third-order valence-electron chi connectivity index (χ3n) is 2.73. The molecule has 1 aromatic rings. The van der Waals surface area contributed by atoms with Gasteiger partial charge in [0.25, 0.3) is 0 Å². The Hall–Kier alpha value is -1.46. The molecule has 1 atom stereocenters. The first-order chi connectivity index (χ1) is 8.71. The Morgan fingerprint density at radius 1 is 1.00 bits per heavy atom. The number of benzene rings is 1. The number of aliphatic hydroxyl groups excluding tert-OH is 1. The lowest BCUT2D eigenvalue weighted by Crippen LogP contribution is -2.05. The van der Waals surface area contributed by atoms with Gasteiger partial charge in [0, 0.05) is 20.1 Å². The topological polar surface area (TPSA) is 57.2 Å². The zero-order chi connectivity index (χ0) is 13.5. The molecule has 0 radical (unpaired) electrons. The molecule has 1 N–H and O–H groups in total. The van der Waals surface area contributed by atoms with E-state index in [0.717, 1.165) is 5.56 Å². The fraction of sp³-hybridized carbons (Fsp3) is 0.538. The minimum Gasteiger partial charge on any atom is -0.493 e. The van der Waals surface area contributed by atoms with Crippen molar-refractivity contribution in [2.75, 3.05) is 35.0 Å². The molecular formula is C13H20O5. The normalized spacial score (nSPS) is 12.1. The van der Waals surface area contributed by atoms with Crippen molar-refractivity contribution in [3.63, 3.8) is 0 Å². The third-order valence-corrected chi connectivity index (χ3v) is 2.73. The van der Waals surface area contributed by atoms with Crippen molar-refractivity contribution >= 4 is 0 Å². The molecule has 1 aromatic carbocycles. The van der Waals surface area contributed by atoms with E-state index in [0.29, 0.717) is 23.7 Å². The van der Waals surface area contributed by atoms with Crippen molar-refractivity contribution in [1.82, 2.24) is 0 Å². The van der Waals surface area contributed by atoms with E-state index in [2.05, 4.69) is 0 Å². The Labute approximate surface area is 107 Å². The summed E-state index contributed by atoms with van der Waals surface area (Å²) in [5.74, 6) is 1.70. The van der Waals surface area contributed by atoms with Crippen LogP contribution in [0.2, 0.25) is 0 Å². The van der Waals surface area contributed by atoms with Crippen LogP contribution in [-0.2, 0) is 4.74 Å². The highest BCUT2D eigenvalue weighted by Crippen LogP contribution is 2.40. The highest BCUT2D eigenvalue weighted by Gasteiger charge is 2.18. The number of hydrogen-bond donors (Lipinski definition) is 1. The van der Waals surface area contributed by atoms with Crippen LogP contribution in [0.5, 0.6) is 17.2 Å². The fourth-order valence-corrected chi connectivity index (χ4v) is 1.83. The van der Waals surface area contributed by atoms with E-state index in [1.54, 1.807) is 28.4 Å². The van der Waals surface area contributed by atoms with Gasteiger partial charge in [0.2, 0.25) is 5.75 Å². The molecule has 0 aliphatic rings. The molecule has 5 nitrogen and oxygen atoms in total. The van der Waals surface area contributed by atoms with Crippen LogP contribution in [0.4, 0.5) is 0 Å². The monoisotopic (exact) mass is 256 g/mol.